The van der Waals surface area contributed by atoms with Crippen LogP contribution in [0, 0.1) is 5.92 Å². The smallest absolute Gasteiger partial charge is 0.231 e. The van der Waals surface area contributed by atoms with Gasteiger partial charge >= 0.3 is 0 Å². The molecule has 0 amide bonds. The second-order valence-electron chi connectivity index (χ2n) is 5.45. The fourth-order valence-electron chi connectivity index (χ4n) is 2.93. The van der Waals surface area contributed by atoms with Crippen LogP contribution in [0.4, 0.5) is 0 Å². The minimum Gasteiger partial charge on any atom is -0.454 e. The molecule has 0 radical (unpaired) electrons. The van der Waals surface area contributed by atoms with Crippen LogP contribution in [-0.4, -0.2) is 13.3 Å². The Bertz CT molecular complexity index is 444. The Morgan fingerprint density at radius 3 is 2.84 bits per heavy atom. The molecule has 4 heteroatoms. The summed E-state index contributed by atoms with van der Waals surface area (Å²) >= 11 is 3.53. The van der Waals surface area contributed by atoms with E-state index in [9.17, 15) is 0 Å². The highest BCUT2D eigenvalue weighted by molar-refractivity contribution is 9.10. The molecule has 1 fully saturated rings. The summed E-state index contributed by atoms with van der Waals surface area (Å²) in [6.07, 6.45) is 7.01. The summed E-state index contributed by atoms with van der Waals surface area (Å²) in [5.41, 5.74) is 1.24. The molecule has 1 heterocycles. The fourth-order valence-corrected chi connectivity index (χ4v) is 3.54. The van der Waals surface area contributed by atoms with Gasteiger partial charge in [-0.05, 0) is 58.9 Å². The van der Waals surface area contributed by atoms with Gasteiger partial charge in [0.25, 0.3) is 0 Å². The Labute approximate surface area is 122 Å². The van der Waals surface area contributed by atoms with Crippen molar-refractivity contribution in [2.24, 2.45) is 5.92 Å². The highest BCUT2D eigenvalue weighted by Crippen LogP contribution is 2.39. The molecule has 0 unspecified atom stereocenters. The first-order chi connectivity index (χ1) is 9.33. The van der Waals surface area contributed by atoms with E-state index in [1.807, 2.05) is 0 Å². The summed E-state index contributed by atoms with van der Waals surface area (Å²) < 4.78 is 11.8. The van der Waals surface area contributed by atoms with Gasteiger partial charge in [-0.3, -0.25) is 0 Å². The number of hydrogen-bond donors (Lipinski definition) is 1. The van der Waals surface area contributed by atoms with E-state index in [1.54, 1.807) is 0 Å². The monoisotopic (exact) mass is 325 g/mol. The Morgan fingerprint density at radius 1 is 1.16 bits per heavy atom. The van der Waals surface area contributed by atoms with Crippen LogP contribution < -0.4 is 14.8 Å². The molecule has 0 saturated heterocycles. The maximum absolute atomic E-state index is 5.44. The van der Waals surface area contributed by atoms with Gasteiger partial charge < -0.3 is 14.8 Å². The maximum atomic E-state index is 5.44. The van der Waals surface area contributed by atoms with Crippen LogP contribution in [0.25, 0.3) is 0 Å². The molecule has 1 aromatic rings. The van der Waals surface area contributed by atoms with Crippen molar-refractivity contribution >= 4 is 15.9 Å². The lowest BCUT2D eigenvalue weighted by Crippen LogP contribution is -2.24. The fraction of sp³-hybridized carbons (Fsp3) is 0.600. The summed E-state index contributed by atoms with van der Waals surface area (Å²) in [7, 11) is 0. The third kappa shape index (κ3) is 3.23. The maximum Gasteiger partial charge on any atom is 0.231 e. The van der Waals surface area contributed by atoms with Crippen LogP contribution >= 0.6 is 15.9 Å². The van der Waals surface area contributed by atoms with Crippen molar-refractivity contribution in [3.63, 3.8) is 0 Å². The number of rotatable bonds is 4. The van der Waals surface area contributed by atoms with Crippen molar-refractivity contribution in [3.8, 4) is 11.5 Å². The van der Waals surface area contributed by atoms with E-state index in [0.717, 1.165) is 35.0 Å². The number of nitrogens with one attached hydrogen (secondary N) is 1. The van der Waals surface area contributed by atoms with Crippen LogP contribution in [0.3, 0.4) is 0 Å². The predicted octanol–water partition coefficient (Wildman–Crippen LogP) is 3.85. The number of ether oxygens (including phenoxy) is 2. The van der Waals surface area contributed by atoms with Crippen LogP contribution in [0.2, 0.25) is 0 Å². The lowest BCUT2D eigenvalue weighted by Gasteiger charge is -2.21. The molecular formula is C15H20BrNO2. The average molecular weight is 326 g/mol. The minimum atomic E-state index is 0.326. The zero-order valence-electron chi connectivity index (χ0n) is 11.1. The first kappa shape index (κ1) is 13.3. The zero-order chi connectivity index (χ0) is 13.1. The van der Waals surface area contributed by atoms with E-state index >= 15 is 0 Å². The molecule has 1 aromatic carbocycles. The summed E-state index contributed by atoms with van der Waals surface area (Å²) in [5.74, 6) is 2.55. The van der Waals surface area contributed by atoms with Crippen molar-refractivity contribution in [3.05, 3.63) is 22.2 Å². The SMILES string of the molecule is Brc1cc(CNCC2CCCCC2)cc2c1OCO2. The van der Waals surface area contributed by atoms with Gasteiger partial charge in [0, 0.05) is 6.54 Å². The minimum absolute atomic E-state index is 0.326. The van der Waals surface area contributed by atoms with Crippen LogP contribution in [0.5, 0.6) is 11.5 Å². The van der Waals surface area contributed by atoms with Gasteiger partial charge in [0.05, 0.1) is 4.47 Å². The quantitative estimate of drug-likeness (QED) is 0.912. The molecule has 0 bridgehead atoms. The van der Waals surface area contributed by atoms with E-state index < -0.39 is 0 Å². The summed E-state index contributed by atoms with van der Waals surface area (Å²) in [6, 6.07) is 4.18. The molecule has 0 atom stereocenters. The van der Waals surface area contributed by atoms with Gasteiger partial charge in [0.15, 0.2) is 11.5 Å². The van der Waals surface area contributed by atoms with E-state index in [2.05, 4.69) is 33.4 Å². The van der Waals surface area contributed by atoms with Gasteiger partial charge in [-0.1, -0.05) is 19.3 Å². The van der Waals surface area contributed by atoms with Crippen molar-refractivity contribution in [2.75, 3.05) is 13.3 Å². The summed E-state index contributed by atoms with van der Waals surface area (Å²) in [5, 5.41) is 3.57. The molecule has 19 heavy (non-hydrogen) atoms. The molecule has 1 saturated carbocycles. The molecule has 104 valence electrons. The molecule has 1 N–H and O–H groups in total. The topological polar surface area (TPSA) is 30.5 Å². The Kier molecular flexibility index (Phi) is 4.28. The first-order valence-electron chi connectivity index (χ1n) is 7.11. The van der Waals surface area contributed by atoms with Crippen molar-refractivity contribution in [2.45, 2.75) is 38.6 Å². The lowest BCUT2D eigenvalue weighted by molar-refractivity contribution is 0.173. The van der Waals surface area contributed by atoms with Gasteiger partial charge in [-0.15, -0.1) is 0 Å². The van der Waals surface area contributed by atoms with Crippen LogP contribution in [0.1, 0.15) is 37.7 Å². The standard InChI is InChI=1S/C15H20BrNO2/c16-13-6-12(7-14-15(13)19-10-18-14)9-17-8-11-4-2-1-3-5-11/h6-7,11,17H,1-5,8-10H2. The Hall–Kier alpha value is -0.740. The number of fused-ring (bicyclic) bond motifs is 1. The molecule has 1 aliphatic carbocycles. The molecule has 3 rings (SSSR count). The van der Waals surface area contributed by atoms with Crippen LogP contribution in [0.15, 0.2) is 16.6 Å². The average Bonchev–Trinajstić information content (AvgIpc) is 2.89. The third-order valence-corrected chi connectivity index (χ3v) is 4.56. The lowest BCUT2D eigenvalue weighted by atomic mass is 9.89. The largest absolute Gasteiger partial charge is 0.454 e. The van der Waals surface area contributed by atoms with Crippen molar-refractivity contribution < 1.29 is 9.47 Å². The van der Waals surface area contributed by atoms with Crippen LogP contribution in [-0.2, 0) is 6.54 Å². The number of halogens is 1. The van der Waals surface area contributed by atoms with Gasteiger partial charge in [-0.25, -0.2) is 0 Å². The first-order valence-corrected chi connectivity index (χ1v) is 7.91. The summed E-state index contributed by atoms with van der Waals surface area (Å²) in [6.45, 7) is 2.35. The van der Waals surface area contributed by atoms with E-state index in [0.29, 0.717) is 6.79 Å². The third-order valence-electron chi connectivity index (χ3n) is 3.97. The highest BCUT2D eigenvalue weighted by atomic mass is 79.9. The van der Waals surface area contributed by atoms with E-state index in [1.165, 1.54) is 37.7 Å². The van der Waals surface area contributed by atoms with E-state index in [4.69, 9.17) is 9.47 Å². The van der Waals surface area contributed by atoms with Gasteiger partial charge in [0.2, 0.25) is 6.79 Å². The highest BCUT2D eigenvalue weighted by Gasteiger charge is 2.18. The molecular weight excluding hydrogens is 306 g/mol. The van der Waals surface area contributed by atoms with Gasteiger partial charge in [0.1, 0.15) is 0 Å². The Morgan fingerprint density at radius 2 is 2.00 bits per heavy atom. The van der Waals surface area contributed by atoms with E-state index in [-0.39, 0.29) is 0 Å². The molecule has 2 aliphatic rings. The zero-order valence-corrected chi connectivity index (χ0v) is 12.7. The number of benzene rings is 1. The Balaban J connectivity index is 1.54. The second-order valence-corrected chi connectivity index (χ2v) is 6.30. The summed E-state index contributed by atoms with van der Waals surface area (Å²) in [4.78, 5) is 0. The second kappa shape index (κ2) is 6.14. The normalized spacial score (nSPS) is 18.8. The molecule has 1 aliphatic heterocycles. The molecule has 0 aromatic heterocycles. The molecule has 0 spiro atoms. The number of hydrogen-bond acceptors (Lipinski definition) is 3. The molecule has 3 nitrogen and oxygen atoms in total. The van der Waals surface area contributed by atoms with Crippen molar-refractivity contribution in [1.82, 2.24) is 5.32 Å². The predicted molar refractivity (Wildman–Crippen MR) is 78.5 cm³/mol. The van der Waals surface area contributed by atoms with Gasteiger partial charge in [-0.2, -0.15) is 0 Å². The van der Waals surface area contributed by atoms with Crippen molar-refractivity contribution in [1.29, 1.82) is 0 Å².